The molecule has 1 aromatic heterocycles. The summed E-state index contributed by atoms with van der Waals surface area (Å²) in [5.41, 5.74) is 1.38. The Balaban J connectivity index is 1.28. The van der Waals surface area contributed by atoms with Crippen molar-refractivity contribution in [2.45, 2.75) is 10.8 Å². The van der Waals surface area contributed by atoms with Crippen molar-refractivity contribution in [2.24, 2.45) is 0 Å². The molecule has 162 valence electrons. The van der Waals surface area contributed by atoms with Crippen molar-refractivity contribution in [2.75, 3.05) is 24.8 Å². The topological polar surface area (TPSA) is 94.2 Å². The first kappa shape index (κ1) is 21.0. The lowest BCUT2D eigenvalue weighted by Crippen LogP contribution is -2.28. The van der Waals surface area contributed by atoms with E-state index in [9.17, 15) is 13.2 Å². The minimum absolute atomic E-state index is 0.159. The fraction of sp³-hybridized carbons (Fsp3) is 0.190. The number of nitrogens with zero attached hydrogens (tertiary/aromatic N) is 1. The number of hydrogen-bond donors (Lipinski definition) is 1. The maximum atomic E-state index is 12.6. The summed E-state index contributed by atoms with van der Waals surface area (Å²) in [4.78, 5) is 12.1. The Morgan fingerprint density at radius 3 is 2.65 bits per heavy atom. The van der Waals surface area contributed by atoms with E-state index in [4.69, 9.17) is 14.2 Å². The van der Waals surface area contributed by atoms with Crippen LogP contribution in [0, 0.1) is 0 Å². The van der Waals surface area contributed by atoms with Gasteiger partial charge in [0.2, 0.25) is 6.79 Å². The first-order valence-electron chi connectivity index (χ1n) is 9.34. The summed E-state index contributed by atoms with van der Waals surface area (Å²) in [6, 6.07) is 15.3. The Hall–Kier alpha value is -3.24. The highest BCUT2D eigenvalue weighted by Gasteiger charge is 2.22. The Bertz CT molecular complexity index is 1160. The number of fused-ring (bicyclic) bond motifs is 1. The van der Waals surface area contributed by atoms with Crippen LogP contribution in [0.2, 0.25) is 0 Å². The third-order valence-corrected chi connectivity index (χ3v) is 7.77. The van der Waals surface area contributed by atoms with Crippen molar-refractivity contribution in [1.82, 2.24) is 5.32 Å². The molecule has 1 amide bonds. The van der Waals surface area contributed by atoms with E-state index in [1.165, 1.54) is 11.4 Å². The molecular formula is C21H20N2O6S2. The molecule has 2 aromatic carbocycles. The van der Waals surface area contributed by atoms with Crippen molar-refractivity contribution in [1.29, 1.82) is 0 Å². The van der Waals surface area contributed by atoms with Gasteiger partial charge in [-0.2, -0.15) is 0 Å². The summed E-state index contributed by atoms with van der Waals surface area (Å²) in [7, 11) is -2.10. The van der Waals surface area contributed by atoms with E-state index in [1.807, 2.05) is 12.1 Å². The SMILES string of the molecule is CN(c1ccc(OCC(=O)NCc2ccc3c(c2)OCO3)cc1)S(=O)(=O)c1cccs1. The van der Waals surface area contributed by atoms with Crippen molar-refractivity contribution >= 4 is 33.0 Å². The number of ether oxygens (including phenoxy) is 3. The average molecular weight is 461 g/mol. The summed E-state index contributed by atoms with van der Waals surface area (Å²) in [5, 5.41) is 4.50. The van der Waals surface area contributed by atoms with Crippen molar-refractivity contribution in [3.8, 4) is 17.2 Å². The molecule has 0 spiro atoms. The van der Waals surface area contributed by atoms with Gasteiger partial charge in [-0.3, -0.25) is 9.10 Å². The second kappa shape index (κ2) is 8.86. The van der Waals surface area contributed by atoms with Crippen LogP contribution in [0.4, 0.5) is 5.69 Å². The Labute approximate surface area is 184 Å². The highest BCUT2D eigenvalue weighted by atomic mass is 32.2. The zero-order chi connectivity index (χ0) is 21.8. The van der Waals surface area contributed by atoms with Gasteiger partial charge in [-0.15, -0.1) is 11.3 Å². The van der Waals surface area contributed by atoms with E-state index < -0.39 is 10.0 Å². The van der Waals surface area contributed by atoms with Crippen LogP contribution >= 0.6 is 11.3 Å². The maximum Gasteiger partial charge on any atom is 0.273 e. The molecule has 1 aliphatic rings. The largest absolute Gasteiger partial charge is 0.484 e. The second-order valence-electron chi connectivity index (χ2n) is 6.65. The van der Waals surface area contributed by atoms with Crippen LogP contribution in [0.25, 0.3) is 0 Å². The monoisotopic (exact) mass is 460 g/mol. The molecule has 4 rings (SSSR count). The summed E-state index contributed by atoms with van der Waals surface area (Å²) in [6.07, 6.45) is 0. The molecule has 0 saturated heterocycles. The summed E-state index contributed by atoms with van der Waals surface area (Å²) >= 11 is 1.16. The molecule has 31 heavy (non-hydrogen) atoms. The third-order valence-electron chi connectivity index (χ3n) is 4.61. The van der Waals surface area contributed by atoms with Crippen LogP contribution in [-0.2, 0) is 21.4 Å². The zero-order valence-corrected chi connectivity index (χ0v) is 18.2. The molecule has 1 N–H and O–H groups in total. The van der Waals surface area contributed by atoms with Crippen LogP contribution in [0.5, 0.6) is 17.2 Å². The van der Waals surface area contributed by atoms with E-state index in [0.717, 1.165) is 16.9 Å². The number of carbonyl (C=O) groups excluding carboxylic acids is 1. The molecule has 8 nitrogen and oxygen atoms in total. The first-order valence-corrected chi connectivity index (χ1v) is 11.7. The Morgan fingerprint density at radius 2 is 1.90 bits per heavy atom. The summed E-state index contributed by atoms with van der Waals surface area (Å²) in [5.74, 6) is 1.54. The van der Waals surface area contributed by atoms with Crippen LogP contribution < -0.4 is 23.8 Å². The second-order valence-corrected chi connectivity index (χ2v) is 9.80. The van der Waals surface area contributed by atoms with Gasteiger partial charge in [-0.1, -0.05) is 12.1 Å². The van der Waals surface area contributed by atoms with Crippen molar-refractivity contribution in [3.05, 3.63) is 65.5 Å². The average Bonchev–Trinajstić information content (AvgIpc) is 3.48. The molecule has 0 radical (unpaired) electrons. The van der Waals surface area contributed by atoms with Gasteiger partial charge in [-0.05, 0) is 53.4 Å². The number of benzene rings is 2. The van der Waals surface area contributed by atoms with Gasteiger partial charge >= 0.3 is 0 Å². The minimum Gasteiger partial charge on any atom is -0.484 e. The van der Waals surface area contributed by atoms with Gasteiger partial charge in [0, 0.05) is 13.6 Å². The first-order chi connectivity index (χ1) is 14.9. The quantitative estimate of drug-likeness (QED) is 0.555. The van der Waals surface area contributed by atoms with E-state index in [-0.39, 0.29) is 23.5 Å². The molecule has 2 heterocycles. The molecule has 1 aliphatic heterocycles. The Kier molecular flexibility index (Phi) is 6.01. The molecule has 0 aliphatic carbocycles. The van der Waals surface area contributed by atoms with Gasteiger partial charge < -0.3 is 19.5 Å². The molecule has 10 heteroatoms. The zero-order valence-electron chi connectivity index (χ0n) is 16.6. The van der Waals surface area contributed by atoms with Crippen LogP contribution in [0.1, 0.15) is 5.56 Å². The number of anilines is 1. The lowest BCUT2D eigenvalue weighted by atomic mass is 10.2. The molecule has 0 fully saturated rings. The molecule has 0 saturated carbocycles. The van der Waals surface area contributed by atoms with Gasteiger partial charge in [0.25, 0.3) is 15.9 Å². The van der Waals surface area contributed by atoms with E-state index in [2.05, 4.69) is 5.32 Å². The predicted molar refractivity (Wildman–Crippen MR) is 116 cm³/mol. The number of hydrogen-bond acceptors (Lipinski definition) is 7. The lowest BCUT2D eigenvalue weighted by molar-refractivity contribution is -0.123. The highest BCUT2D eigenvalue weighted by Crippen LogP contribution is 2.32. The van der Waals surface area contributed by atoms with Gasteiger partial charge in [0.1, 0.15) is 9.96 Å². The minimum atomic E-state index is -3.59. The summed E-state index contributed by atoms with van der Waals surface area (Å²) in [6.45, 7) is 0.379. The summed E-state index contributed by atoms with van der Waals surface area (Å²) < 4.78 is 42.7. The number of thiophene rings is 1. The van der Waals surface area contributed by atoms with Crippen molar-refractivity contribution < 1.29 is 27.4 Å². The van der Waals surface area contributed by atoms with E-state index >= 15 is 0 Å². The number of nitrogens with one attached hydrogen (secondary N) is 1. The van der Waals surface area contributed by atoms with E-state index in [1.54, 1.807) is 47.8 Å². The molecule has 0 unspecified atom stereocenters. The molecule has 0 bridgehead atoms. The van der Waals surface area contributed by atoms with Crippen LogP contribution in [0.3, 0.4) is 0 Å². The fourth-order valence-corrected chi connectivity index (χ4v) is 5.24. The predicted octanol–water partition coefficient (Wildman–Crippen LogP) is 3.00. The Morgan fingerprint density at radius 1 is 1.13 bits per heavy atom. The molecule has 0 atom stereocenters. The standard InChI is InChI=1S/C21H20N2O6S2/c1-23(31(25,26)21-3-2-10-30-21)16-5-7-17(8-6-16)27-13-20(24)22-12-15-4-9-18-19(11-15)29-14-28-18/h2-11H,12-14H2,1H3,(H,22,24). The molecule has 3 aromatic rings. The van der Waals surface area contributed by atoms with Gasteiger partial charge in [0.05, 0.1) is 5.69 Å². The van der Waals surface area contributed by atoms with E-state index in [0.29, 0.717) is 29.5 Å². The third kappa shape index (κ3) is 4.75. The normalized spacial score (nSPS) is 12.4. The highest BCUT2D eigenvalue weighted by molar-refractivity contribution is 7.94. The fourth-order valence-electron chi connectivity index (χ4n) is 2.89. The van der Waals surface area contributed by atoms with Crippen LogP contribution in [-0.4, -0.2) is 34.8 Å². The number of carbonyl (C=O) groups is 1. The van der Waals surface area contributed by atoms with Gasteiger partial charge in [-0.25, -0.2) is 8.42 Å². The van der Waals surface area contributed by atoms with Gasteiger partial charge in [0.15, 0.2) is 18.1 Å². The smallest absolute Gasteiger partial charge is 0.273 e. The number of sulfonamides is 1. The van der Waals surface area contributed by atoms with Crippen molar-refractivity contribution in [3.63, 3.8) is 0 Å². The van der Waals surface area contributed by atoms with Crippen LogP contribution in [0.15, 0.2) is 64.2 Å². The lowest BCUT2D eigenvalue weighted by Gasteiger charge is -2.18. The number of amides is 1. The molecular weight excluding hydrogens is 440 g/mol. The number of rotatable bonds is 8. The maximum absolute atomic E-state index is 12.6.